The molecule has 2 atom stereocenters. The number of carbonyl (C=O) groups excluding carboxylic acids is 1. The van der Waals surface area contributed by atoms with E-state index >= 15 is 0 Å². The van der Waals surface area contributed by atoms with Crippen molar-refractivity contribution in [2.45, 2.75) is 40.2 Å². The van der Waals surface area contributed by atoms with E-state index in [0.29, 0.717) is 19.0 Å². The third-order valence-electron chi connectivity index (χ3n) is 3.22. The van der Waals surface area contributed by atoms with Crippen LogP contribution in [0.3, 0.4) is 0 Å². The van der Waals surface area contributed by atoms with Gasteiger partial charge in [0.2, 0.25) is 0 Å². The number of nitrogens with zero attached hydrogens (tertiary/aromatic N) is 1. The van der Waals surface area contributed by atoms with Crippen molar-refractivity contribution in [2.75, 3.05) is 24.6 Å². The van der Waals surface area contributed by atoms with Crippen LogP contribution in [0.2, 0.25) is 0 Å². The predicted molar refractivity (Wildman–Crippen MR) is 76.8 cm³/mol. The highest BCUT2D eigenvalue weighted by Gasteiger charge is 2.27. The number of sulfone groups is 1. The molecule has 1 aliphatic rings. The minimum absolute atomic E-state index is 0.00125. The Labute approximate surface area is 116 Å². The molecule has 1 saturated heterocycles. The lowest BCUT2D eigenvalue weighted by molar-refractivity contribution is 0.191. The predicted octanol–water partition coefficient (Wildman–Crippen LogP) is 1.50. The molecular formula is C13H26N2O3S. The quantitative estimate of drug-likeness (QED) is 0.856. The maximum absolute atomic E-state index is 12.1. The van der Waals surface area contributed by atoms with Crippen molar-refractivity contribution in [2.24, 2.45) is 11.8 Å². The maximum Gasteiger partial charge on any atom is 0.317 e. The molecule has 0 saturated carbocycles. The number of hydrogen-bond acceptors (Lipinski definition) is 3. The summed E-state index contributed by atoms with van der Waals surface area (Å²) in [4.78, 5) is 13.8. The SMILES string of the molecule is CC(C)C[C@@H](C)NC(=O)N1CCS(=O)(=O)C[C@@H](C)C1. The van der Waals surface area contributed by atoms with Crippen LogP contribution in [-0.4, -0.2) is 50.0 Å². The van der Waals surface area contributed by atoms with Crippen LogP contribution in [0.15, 0.2) is 0 Å². The van der Waals surface area contributed by atoms with E-state index < -0.39 is 9.84 Å². The largest absolute Gasteiger partial charge is 0.336 e. The van der Waals surface area contributed by atoms with Crippen molar-refractivity contribution in [3.63, 3.8) is 0 Å². The van der Waals surface area contributed by atoms with E-state index in [0.717, 1.165) is 6.42 Å². The summed E-state index contributed by atoms with van der Waals surface area (Å²) in [6.45, 7) is 8.90. The average Bonchev–Trinajstić information content (AvgIpc) is 2.34. The topological polar surface area (TPSA) is 66.5 Å². The molecule has 0 aromatic rings. The van der Waals surface area contributed by atoms with Gasteiger partial charge in [-0.25, -0.2) is 13.2 Å². The van der Waals surface area contributed by atoms with E-state index in [9.17, 15) is 13.2 Å². The standard InChI is InChI=1S/C13H26N2O3S/c1-10(2)7-12(4)14-13(16)15-5-6-19(17,18)9-11(3)8-15/h10-12H,5-9H2,1-4H3,(H,14,16)/t11-,12+/m0/s1. The van der Waals surface area contributed by atoms with Crippen molar-refractivity contribution < 1.29 is 13.2 Å². The van der Waals surface area contributed by atoms with Crippen LogP contribution in [0.4, 0.5) is 4.79 Å². The van der Waals surface area contributed by atoms with Gasteiger partial charge in [-0.15, -0.1) is 0 Å². The zero-order valence-corrected chi connectivity index (χ0v) is 13.2. The van der Waals surface area contributed by atoms with Crippen LogP contribution < -0.4 is 5.32 Å². The molecule has 2 amide bonds. The molecule has 112 valence electrons. The van der Waals surface area contributed by atoms with E-state index in [2.05, 4.69) is 19.2 Å². The van der Waals surface area contributed by atoms with Crippen molar-refractivity contribution >= 4 is 15.9 Å². The zero-order valence-electron chi connectivity index (χ0n) is 12.3. The normalized spacial score (nSPS) is 24.9. The Bertz CT molecular complexity index is 406. The second-order valence-electron chi connectivity index (χ2n) is 6.15. The van der Waals surface area contributed by atoms with Crippen LogP contribution in [-0.2, 0) is 9.84 Å². The molecule has 1 rings (SSSR count). The molecule has 0 unspecified atom stereocenters. The molecule has 0 aromatic carbocycles. The fraction of sp³-hybridized carbons (Fsp3) is 0.923. The fourth-order valence-corrected chi connectivity index (χ4v) is 4.18. The highest BCUT2D eigenvalue weighted by atomic mass is 32.2. The molecule has 1 fully saturated rings. The molecule has 6 heteroatoms. The van der Waals surface area contributed by atoms with Gasteiger partial charge in [-0.05, 0) is 25.2 Å². The summed E-state index contributed by atoms with van der Waals surface area (Å²) in [5.74, 6) is 0.777. The van der Waals surface area contributed by atoms with E-state index in [1.165, 1.54) is 0 Å². The van der Waals surface area contributed by atoms with Gasteiger partial charge in [-0.1, -0.05) is 20.8 Å². The van der Waals surface area contributed by atoms with Gasteiger partial charge in [-0.3, -0.25) is 0 Å². The van der Waals surface area contributed by atoms with E-state index in [4.69, 9.17) is 0 Å². The summed E-state index contributed by atoms with van der Waals surface area (Å²) in [5, 5.41) is 2.95. The van der Waals surface area contributed by atoms with E-state index in [-0.39, 0.29) is 29.5 Å². The Kier molecular flexibility index (Phi) is 5.64. The Hall–Kier alpha value is -0.780. The maximum atomic E-state index is 12.1. The molecule has 1 heterocycles. The Morgan fingerprint density at radius 3 is 2.58 bits per heavy atom. The van der Waals surface area contributed by atoms with Crippen LogP contribution in [0, 0.1) is 11.8 Å². The third-order valence-corrected chi connectivity index (χ3v) is 5.11. The Morgan fingerprint density at radius 2 is 2.00 bits per heavy atom. The highest BCUT2D eigenvalue weighted by Crippen LogP contribution is 2.12. The summed E-state index contributed by atoms with van der Waals surface area (Å²) in [5.41, 5.74) is 0. The first kappa shape index (κ1) is 16.3. The van der Waals surface area contributed by atoms with Crippen LogP contribution in [0.25, 0.3) is 0 Å². The monoisotopic (exact) mass is 290 g/mol. The molecule has 0 aliphatic carbocycles. The number of urea groups is 1. The lowest BCUT2D eigenvalue weighted by Crippen LogP contribution is -2.46. The highest BCUT2D eigenvalue weighted by molar-refractivity contribution is 7.91. The number of hydrogen-bond donors (Lipinski definition) is 1. The smallest absolute Gasteiger partial charge is 0.317 e. The lowest BCUT2D eigenvalue weighted by atomic mass is 10.1. The molecule has 5 nitrogen and oxygen atoms in total. The molecule has 1 N–H and O–H groups in total. The fourth-order valence-electron chi connectivity index (χ4n) is 2.54. The van der Waals surface area contributed by atoms with Crippen molar-refractivity contribution in [3.05, 3.63) is 0 Å². The summed E-state index contributed by atoms with van der Waals surface area (Å²) in [7, 11) is -3.00. The lowest BCUT2D eigenvalue weighted by Gasteiger charge is -2.25. The van der Waals surface area contributed by atoms with Crippen LogP contribution in [0.5, 0.6) is 0 Å². The van der Waals surface area contributed by atoms with Gasteiger partial charge >= 0.3 is 6.03 Å². The number of amides is 2. The molecular weight excluding hydrogens is 264 g/mol. The van der Waals surface area contributed by atoms with E-state index in [1.807, 2.05) is 13.8 Å². The van der Waals surface area contributed by atoms with Crippen molar-refractivity contribution in [3.8, 4) is 0 Å². The second kappa shape index (κ2) is 6.59. The molecule has 1 aliphatic heterocycles. The minimum Gasteiger partial charge on any atom is -0.336 e. The molecule has 0 spiro atoms. The first-order valence-corrected chi connectivity index (χ1v) is 8.77. The first-order chi connectivity index (χ1) is 8.69. The van der Waals surface area contributed by atoms with Gasteiger partial charge in [-0.2, -0.15) is 0 Å². The summed E-state index contributed by atoms with van der Waals surface area (Å²) in [6.07, 6.45) is 0.924. The minimum atomic E-state index is -3.00. The molecule has 0 radical (unpaired) electrons. The van der Waals surface area contributed by atoms with Gasteiger partial charge in [0, 0.05) is 19.1 Å². The number of nitrogens with one attached hydrogen (secondary N) is 1. The Morgan fingerprint density at radius 1 is 1.37 bits per heavy atom. The van der Waals surface area contributed by atoms with Gasteiger partial charge in [0.1, 0.15) is 0 Å². The number of carbonyl (C=O) groups is 1. The number of rotatable bonds is 3. The van der Waals surface area contributed by atoms with Crippen LogP contribution >= 0.6 is 0 Å². The van der Waals surface area contributed by atoms with Crippen LogP contribution in [0.1, 0.15) is 34.1 Å². The van der Waals surface area contributed by atoms with Gasteiger partial charge in [0.25, 0.3) is 0 Å². The van der Waals surface area contributed by atoms with Crippen molar-refractivity contribution in [1.82, 2.24) is 10.2 Å². The van der Waals surface area contributed by atoms with Gasteiger partial charge in [0.05, 0.1) is 11.5 Å². The summed E-state index contributed by atoms with van der Waals surface area (Å²) < 4.78 is 23.3. The molecule has 0 aromatic heterocycles. The zero-order chi connectivity index (χ0) is 14.6. The van der Waals surface area contributed by atoms with E-state index in [1.54, 1.807) is 4.90 Å². The second-order valence-corrected chi connectivity index (χ2v) is 8.37. The summed E-state index contributed by atoms with van der Waals surface area (Å²) in [6, 6.07) is -0.0280. The van der Waals surface area contributed by atoms with Gasteiger partial charge < -0.3 is 10.2 Å². The van der Waals surface area contributed by atoms with Gasteiger partial charge in [0.15, 0.2) is 9.84 Å². The Balaban J connectivity index is 2.57. The first-order valence-electron chi connectivity index (χ1n) is 6.95. The van der Waals surface area contributed by atoms with Crippen molar-refractivity contribution in [1.29, 1.82) is 0 Å². The molecule has 0 bridgehead atoms. The summed E-state index contributed by atoms with van der Waals surface area (Å²) >= 11 is 0. The molecule has 19 heavy (non-hydrogen) atoms. The average molecular weight is 290 g/mol. The third kappa shape index (κ3) is 5.80.